The van der Waals surface area contributed by atoms with Gasteiger partial charge in [-0.15, -0.1) is 0 Å². The summed E-state index contributed by atoms with van der Waals surface area (Å²) in [7, 11) is -2.37. The van der Waals surface area contributed by atoms with Gasteiger partial charge in [0.1, 0.15) is 5.75 Å². The van der Waals surface area contributed by atoms with Gasteiger partial charge in [-0.05, 0) is 31.5 Å². The molecule has 0 fully saturated rings. The molecule has 0 saturated carbocycles. The van der Waals surface area contributed by atoms with Crippen molar-refractivity contribution >= 4 is 21.5 Å². The summed E-state index contributed by atoms with van der Waals surface area (Å²) in [5.74, 6) is 0.304. The number of aliphatic hydroxyl groups is 1. The fraction of sp³-hybridized carbons (Fsp3) is 0.278. The Morgan fingerprint density at radius 3 is 2.68 bits per heavy atom. The van der Waals surface area contributed by atoms with Crippen molar-refractivity contribution in [2.75, 3.05) is 18.0 Å². The van der Waals surface area contributed by atoms with Gasteiger partial charge in [0.05, 0.1) is 23.8 Å². The van der Waals surface area contributed by atoms with Crippen LogP contribution in [0, 0.1) is 0 Å². The number of aliphatic hydroxyl groups excluding tert-OH is 1. The summed E-state index contributed by atoms with van der Waals surface area (Å²) >= 11 is 0. The monoisotopic (exact) mass is 361 g/mol. The van der Waals surface area contributed by atoms with Crippen LogP contribution >= 0.6 is 0 Å². The molecule has 1 heterocycles. The number of hydrogen-bond acceptors (Lipinski definition) is 5. The van der Waals surface area contributed by atoms with Gasteiger partial charge >= 0.3 is 0 Å². The summed E-state index contributed by atoms with van der Waals surface area (Å²) < 4.78 is 32.7. The average molecular weight is 361 g/mol. The van der Waals surface area contributed by atoms with Crippen LogP contribution in [0.15, 0.2) is 47.4 Å². The number of fused-ring (bicyclic) bond motifs is 1. The first-order valence-corrected chi connectivity index (χ1v) is 9.28. The molecular formula is C18H19NO5S. The van der Waals surface area contributed by atoms with Crippen LogP contribution in [0.1, 0.15) is 35.4 Å². The van der Waals surface area contributed by atoms with Crippen LogP contribution in [0.4, 0.5) is 5.69 Å². The molecule has 0 amide bonds. The van der Waals surface area contributed by atoms with E-state index in [-0.39, 0.29) is 17.2 Å². The highest BCUT2D eigenvalue weighted by molar-refractivity contribution is 7.92. The minimum absolute atomic E-state index is 0.0466. The molecule has 0 aromatic heterocycles. The quantitative estimate of drug-likeness (QED) is 0.846. The normalized spacial score (nSPS) is 17.1. The Bertz CT molecular complexity index is 923. The number of hydrogen-bond donors (Lipinski definition) is 1. The minimum atomic E-state index is -3.87. The van der Waals surface area contributed by atoms with Gasteiger partial charge in [-0.25, -0.2) is 8.42 Å². The van der Waals surface area contributed by atoms with E-state index in [2.05, 4.69) is 0 Å². The number of ether oxygens (including phenoxy) is 1. The van der Waals surface area contributed by atoms with E-state index >= 15 is 0 Å². The molecule has 0 saturated heterocycles. The van der Waals surface area contributed by atoms with E-state index in [0.29, 0.717) is 29.0 Å². The zero-order valence-corrected chi connectivity index (χ0v) is 14.8. The van der Waals surface area contributed by atoms with E-state index < -0.39 is 16.1 Å². The van der Waals surface area contributed by atoms with Gasteiger partial charge in [-0.3, -0.25) is 9.10 Å². The third kappa shape index (κ3) is 3.12. The second-order valence-corrected chi connectivity index (χ2v) is 7.75. The smallest absolute Gasteiger partial charge is 0.264 e. The van der Waals surface area contributed by atoms with Crippen LogP contribution in [0.3, 0.4) is 0 Å². The van der Waals surface area contributed by atoms with Gasteiger partial charge in [-0.2, -0.15) is 0 Å². The number of anilines is 1. The summed E-state index contributed by atoms with van der Waals surface area (Å²) in [6.07, 6.45) is -0.429. The van der Waals surface area contributed by atoms with Gasteiger partial charge in [0.15, 0.2) is 5.78 Å². The van der Waals surface area contributed by atoms with Crippen molar-refractivity contribution in [2.45, 2.75) is 24.3 Å². The van der Waals surface area contributed by atoms with Crippen molar-refractivity contribution in [3.63, 3.8) is 0 Å². The van der Waals surface area contributed by atoms with Crippen molar-refractivity contribution in [3.05, 3.63) is 53.6 Å². The molecule has 3 rings (SSSR count). The van der Waals surface area contributed by atoms with E-state index in [1.165, 1.54) is 30.5 Å². The maximum atomic E-state index is 13.1. The van der Waals surface area contributed by atoms with Crippen LogP contribution in [-0.4, -0.2) is 33.0 Å². The Hall–Kier alpha value is -2.38. The molecule has 2 aromatic rings. The number of benzene rings is 2. The van der Waals surface area contributed by atoms with E-state index in [9.17, 15) is 18.3 Å². The van der Waals surface area contributed by atoms with Gasteiger partial charge in [0.25, 0.3) is 10.0 Å². The van der Waals surface area contributed by atoms with Crippen molar-refractivity contribution in [1.82, 2.24) is 0 Å². The molecule has 0 bridgehead atoms. The number of methoxy groups -OCH3 is 1. The molecule has 0 radical (unpaired) electrons. The SMILES string of the molecule is COc1ccc2c(c1)N(S(=O)(=O)c1cccc(C(C)=O)c1)CCC2O. The van der Waals surface area contributed by atoms with E-state index in [0.717, 1.165) is 0 Å². The Morgan fingerprint density at radius 1 is 1.24 bits per heavy atom. The lowest BCUT2D eigenvalue weighted by Crippen LogP contribution is -2.36. The summed E-state index contributed by atoms with van der Waals surface area (Å²) in [4.78, 5) is 11.6. The first-order valence-electron chi connectivity index (χ1n) is 7.84. The lowest BCUT2D eigenvalue weighted by molar-refractivity contribution is 0.101. The molecule has 132 valence electrons. The summed E-state index contributed by atoms with van der Waals surface area (Å²) in [6.45, 7) is 1.54. The summed E-state index contributed by atoms with van der Waals surface area (Å²) in [5.41, 5.74) is 1.27. The average Bonchev–Trinajstić information content (AvgIpc) is 2.61. The molecule has 1 aliphatic heterocycles. The Labute approximate surface area is 146 Å². The highest BCUT2D eigenvalue weighted by atomic mass is 32.2. The van der Waals surface area contributed by atoms with Crippen molar-refractivity contribution < 1.29 is 23.1 Å². The van der Waals surface area contributed by atoms with Crippen LogP contribution in [0.5, 0.6) is 5.75 Å². The van der Waals surface area contributed by atoms with Crippen LogP contribution < -0.4 is 9.04 Å². The van der Waals surface area contributed by atoms with Crippen LogP contribution in [0.25, 0.3) is 0 Å². The highest BCUT2D eigenvalue weighted by Gasteiger charge is 2.33. The molecule has 7 heteroatoms. The maximum absolute atomic E-state index is 13.1. The van der Waals surface area contributed by atoms with Gasteiger partial charge in [-0.1, -0.05) is 18.2 Å². The summed E-state index contributed by atoms with van der Waals surface area (Å²) in [6, 6.07) is 10.9. The molecule has 0 aliphatic carbocycles. The molecule has 2 aromatic carbocycles. The lowest BCUT2D eigenvalue weighted by Gasteiger charge is -2.33. The van der Waals surface area contributed by atoms with E-state index in [1.807, 2.05) is 0 Å². The maximum Gasteiger partial charge on any atom is 0.264 e. The third-order valence-corrected chi connectivity index (χ3v) is 6.11. The Balaban J connectivity index is 2.12. The number of nitrogens with zero attached hydrogens (tertiary/aromatic N) is 1. The number of ketones is 1. The second kappa shape index (κ2) is 6.50. The molecular weight excluding hydrogens is 342 g/mol. The van der Waals surface area contributed by atoms with Crippen molar-refractivity contribution in [2.24, 2.45) is 0 Å². The topological polar surface area (TPSA) is 83.9 Å². The van der Waals surface area contributed by atoms with Gasteiger partial charge < -0.3 is 9.84 Å². The number of carbonyl (C=O) groups excluding carboxylic acids is 1. The standard InChI is InChI=1S/C18H19NO5S/c1-12(20)13-4-3-5-15(10-13)25(22,23)19-9-8-18(21)16-7-6-14(24-2)11-17(16)19/h3-7,10-11,18,21H,8-9H2,1-2H3. The molecule has 1 atom stereocenters. The second-order valence-electron chi connectivity index (χ2n) is 5.89. The number of Topliss-reactive ketones (excluding diaryl/α,β-unsaturated/α-hetero) is 1. The van der Waals surface area contributed by atoms with Crippen LogP contribution in [-0.2, 0) is 10.0 Å². The molecule has 1 aliphatic rings. The predicted molar refractivity (Wildman–Crippen MR) is 93.5 cm³/mol. The fourth-order valence-electron chi connectivity index (χ4n) is 2.92. The fourth-order valence-corrected chi connectivity index (χ4v) is 4.46. The minimum Gasteiger partial charge on any atom is -0.497 e. The number of sulfonamides is 1. The lowest BCUT2D eigenvalue weighted by atomic mass is 10.0. The Morgan fingerprint density at radius 2 is 2.00 bits per heavy atom. The zero-order valence-electron chi connectivity index (χ0n) is 14.0. The first kappa shape index (κ1) is 17.4. The molecule has 6 nitrogen and oxygen atoms in total. The van der Waals surface area contributed by atoms with Gasteiger partial charge in [0.2, 0.25) is 0 Å². The molecule has 0 spiro atoms. The molecule has 1 N–H and O–H groups in total. The zero-order chi connectivity index (χ0) is 18.2. The number of rotatable bonds is 4. The molecule has 1 unspecified atom stereocenters. The van der Waals surface area contributed by atoms with Gasteiger partial charge in [0, 0.05) is 23.7 Å². The van der Waals surface area contributed by atoms with E-state index in [1.54, 1.807) is 30.3 Å². The molecule has 25 heavy (non-hydrogen) atoms. The van der Waals surface area contributed by atoms with E-state index in [4.69, 9.17) is 4.74 Å². The third-order valence-electron chi connectivity index (χ3n) is 4.30. The summed E-state index contributed by atoms with van der Waals surface area (Å²) in [5, 5.41) is 10.2. The first-order chi connectivity index (χ1) is 11.8. The van der Waals surface area contributed by atoms with Crippen LogP contribution in [0.2, 0.25) is 0 Å². The Kier molecular flexibility index (Phi) is 4.53. The highest BCUT2D eigenvalue weighted by Crippen LogP contribution is 2.39. The van der Waals surface area contributed by atoms with Crippen molar-refractivity contribution in [1.29, 1.82) is 0 Å². The van der Waals surface area contributed by atoms with Crippen molar-refractivity contribution in [3.8, 4) is 5.75 Å². The predicted octanol–water partition coefficient (Wildman–Crippen LogP) is 2.53. The largest absolute Gasteiger partial charge is 0.497 e. The number of carbonyl (C=O) groups is 1.